The summed E-state index contributed by atoms with van der Waals surface area (Å²) in [7, 11) is 0. The van der Waals surface area contributed by atoms with Crippen LogP contribution in [0.3, 0.4) is 0 Å². The summed E-state index contributed by atoms with van der Waals surface area (Å²) in [5, 5.41) is 2.96. The van der Waals surface area contributed by atoms with E-state index in [1.54, 1.807) is 34.5 Å². The van der Waals surface area contributed by atoms with Crippen LogP contribution in [0.15, 0.2) is 29.6 Å². The lowest BCUT2D eigenvalue weighted by Gasteiger charge is -2.10. The van der Waals surface area contributed by atoms with Gasteiger partial charge in [-0.25, -0.2) is 4.98 Å². The lowest BCUT2D eigenvalue weighted by molar-refractivity contribution is -0.128. The molecule has 3 rings (SSSR count). The van der Waals surface area contributed by atoms with Crippen LogP contribution in [0, 0.1) is 0 Å². The number of aromatic nitrogens is 1. The van der Waals surface area contributed by atoms with Crippen molar-refractivity contribution < 1.29 is 14.4 Å². The van der Waals surface area contributed by atoms with E-state index in [0.29, 0.717) is 28.8 Å². The van der Waals surface area contributed by atoms with Crippen LogP contribution in [-0.2, 0) is 27.2 Å². The van der Waals surface area contributed by atoms with Crippen LogP contribution in [0.2, 0.25) is 5.02 Å². The monoisotopic (exact) mass is 392 g/mol. The molecule has 2 aromatic rings. The molecule has 1 fully saturated rings. The maximum absolute atomic E-state index is 11.9. The van der Waals surface area contributed by atoms with E-state index in [1.165, 1.54) is 11.3 Å². The minimum Gasteiger partial charge on any atom is -0.288 e. The molecule has 2 N–H and O–H groups in total. The first-order valence-electron chi connectivity index (χ1n) is 8.08. The van der Waals surface area contributed by atoms with Gasteiger partial charge in [0.15, 0.2) is 5.13 Å². The molecule has 1 aliphatic heterocycles. The zero-order valence-electron chi connectivity index (χ0n) is 13.8. The van der Waals surface area contributed by atoms with Gasteiger partial charge < -0.3 is 0 Å². The molecule has 0 saturated carbocycles. The quantitative estimate of drug-likeness (QED) is 0.760. The normalized spacial score (nSPS) is 13.7. The summed E-state index contributed by atoms with van der Waals surface area (Å²) in [6.45, 7) is 0.665. The summed E-state index contributed by atoms with van der Waals surface area (Å²) >= 11 is 7.13. The number of carbonyl (C=O) groups excluding carboxylic acids is 3. The fourth-order valence-corrected chi connectivity index (χ4v) is 3.53. The van der Waals surface area contributed by atoms with Crippen molar-refractivity contribution in [2.24, 2.45) is 0 Å². The van der Waals surface area contributed by atoms with Crippen molar-refractivity contribution in [2.45, 2.75) is 25.7 Å². The molecule has 0 atom stereocenters. The second-order valence-electron chi connectivity index (χ2n) is 5.85. The molecular formula is C17H17ClN4O3S. The van der Waals surface area contributed by atoms with Crippen LogP contribution < -0.4 is 15.8 Å². The molecule has 136 valence electrons. The van der Waals surface area contributed by atoms with Crippen LogP contribution >= 0.6 is 22.9 Å². The number of amides is 3. The van der Waals surface area contributed by atoms with E-state index in [4.69, 9.17) is 11.6 Å². The number of hydrazine groups is 1. The Morgan fingerprint density at radius 3 is 2.50 bits per heavy atom. The van der Waals surface area contributed by atoms with E-state index in [-0.39, 0.29) is 30.6 Å². The third kappa shape index (κ3) is 4.80. The molecule has 0 unspecified atom stereocenters. The summed E-state index contributed by atoms with van der Waals surface area (Å²) in [5.74, 6) is -0.647. The van der Waals surface area contributed by atoms with Crippen molar-refractivity contribution in [3.05, 3.63) is 45.9 Å². The first-order chi connectivity index (χ1) is 12.5. The minimum absolute atomic E-state index is 0.0275. The van der Waals surface area contributed by atoms with Crippen molar-refractivity contribution in [2.75, 3.05) is 11.4 Å². The Bertz CT molecular complexity index is 822. The van der Waals surface area contributed by atoms with Crippen LogP contribution in [0.5, 0.6) is 0 Å². The van der Waals surface area contributed by atoms with Gasteiger partial charge in [0.05, 0.1) is 18.5 Å². The predicted octanol–water partition coefficient (Wildman–Crippen LogP) is 1.86. The topological polar surface area (TPSA) is 91.4 Å². The maximum Gasteiger partial charge on any atom is 0.244 e. The number of benzene rings is 1. The molecule has 3 amide bonds. The van der Waals surface area contributed by atoms with Crippen molar-refractivity contribution in [3.63, 3.8) is 0 Å². The third-order valence-electron chi connectivity index (χ3n) is 3.80. The predicted molar refractivity (Wildman–Crippen MR) is 98.8 cm³/mol. The number of hydrogen-bond donors (Lipinski definition) is 2. The first-order valence-corrected chi connectivity index (χ1v) is 9.34. The molecule has 1 aliphatic rings. The Balaban J connectivity index is 1.45. The first kappa shape index (κ1) is 18.3. The number of hydrogen-bond acceptors (Lipinski definition) is 5. The molecule has 9 heteroatoms. The second-order valence-corrected chi connectivity index (χ2v) is 7.12. The van der Waals surface area contributed by atoms with Gasteiger partial charge in [0.2, 0.25) is 17.7 Å². The van der Waals surface area contributed by atoms with Crippen LogP contribution in [0.4, 0.5) is 5.13 Å². The zero-order chi connectivity index (χ0) is 18.5. The lowest BCUT2D eigenvalue weighted by atomic mass is 10.1. The summed E-state index contributed by atoms with van der Waals surface area (Å²) in [6.07, 6.45) is 1.53. The summed E-state index contributed by atoms with van der Waals surface area (Å²) in [6, 6.07) is 6.90. The Morgan fingerprint density at radius 1 is 1.15 bits per heavy atom. The van der Waals surface area contributed by atoms with Gasteiger partial charge in [-0.05, 0) is 24.1 Å². The van der Waals surface area contributed by atoms with Gasteiger partial charge in [-0.3, -0.25) is 30.1 Å². The molecule has 0 bridgehead atoms. The Hall–Kier alpha value is -2.45. The van der Waals surface area contributed by atoms with E-state index >= 15 is 0 Å². The zero-order valence-corrected chi connectivity index (χ0v) is 15.4. The molecule has 1 saturated heterocycles. The van der Waals surface area contributed by atoms with Gasteiger partial charge in [0.25, 0.3) is 0 Å². The molecule has 0 radical (unpaired) electrons. The summed E-state index contributed by atoms with van der Waals surface area (Å²) < 4.78 is 0. The highest BCUT2D eigenvalue weighted by Crippen LogP contribution is 2.25. The minimum atomic E-state index is -0.376. The van der Waals surface area contributed by atoms with Crippen LogP contribution in [-0.4, -0.2) is 29.3 Å². The number of nitrogens with zero attached hydrogens (tertiary/aromatic N) is 2. The standard InChI is InChI=1S/C17H17ClN4O3S/c18-12-5-3-11(4-6-12)8-14(23)20-21-15(24)9-13-10-26-17(19-13)22-7-1-2-16(22)25/h3-6,10H,1-2,7-9H2,(H,20,23)(H,21,24). The number of halogens is 1. The second kappa shape index (κ2) is 8.29. The van der Waals surface area contributed by atoms with Crippen LogP contribution in [0.1, 0.15) is 24.1 Å². The van der Waals surface area contributed by atoms with E-state index < -0.39 is 0 Å². The van der Waals surface area contributed by atoms with E-state index in [9.17, 15) is 14.4 Å². The third-order valence-corrected chi connectivity index (χ3v) is 4.97. The summed E-state index contributed by atoms with van der Waals surface area (Å²) in [5.41, 5.74) is 6.10. The highest BCUT2D eigenvalue weighted by atomic mass is 35.5. The Labute approximate surface area is 159 Å². The number of carbonyl (C=O) groups is 3. The highest BCUT2D eigenvalue weighted by molar-refractivity contribution is 7.14. The molecular weight excluding hydrogens is 376 g/mol. The number of rotatable bonds is 5. The summed E-state index contributed by atoms with van der Waals surface area (Å²) in [4.78, 5) is 41.5. The van der Waals surface area contributed by atoms with Gasteiger partial charge in [-0.15, -0.1) is 11.3 Å². The molecule has 1 aromatic heterocycles. The molecule has 0 spiro atoms. The van der Waals surface area contributed by atoms with E-state index in [1.807, 2.05) is 0 Å². The molecule has 1 aromatic carbocycles. The van der Waals surface area contributed by atoms with Crippen molar-refractivity contribution in [1.29, 1.82) is 0 Å². The number of thiazole rings is 1. The Morgan fingerprint density at radius 2 is 1.85 bits per heavy atom. The van der Waals surface area contributed by atoms with Crippen LogP contribution in [0.25, 0.3) is 0 Å². The van der Waals surface area contributed by atoms with Crippen molar-refractivity contribution in [1.82, 2.24) is 15.8 Å². The largest absolute Gasteiger partial charge is 0.288 e. The number of nitrogens with one attached hydrogen (secondary N) is 2. The van der Waals surface area contributed by atoms with Gasteiger partial charge in [0, 0.05) is 23.4 Å². The average Bonchev–Trinajstić information content (AvgIpc) is 3.24. The average molecular weight is 393 g/mol. The Kier molecular flexibility index (Phi) is 5.85. The SMILES string of the molecule is O=C(Cc1ccc(Cl)cc1)NNC(=O)Cc1csc(N2CCCC2=O)n1. The molecule has 0 aliphatic carbocycles. The fourth-order valence-electron chi connectivity index (χ4n) is 2.53. The van der Waals surface area contributed by atoms with E-state index in [2.05, 4.69) is 15.8 Å². The maximum atomic E-state index is 11.9. The van der Waals surface area contributed by atoms with Gasteiger partial charge in [-0.1, -0.05) is 23.7 Å². The molecule has 7 nitrogen and oxygen atoms in total. The van der Waals surface area contributed by atoms with E-state index in [0.717, 1.165) is 12.0 Å². The van der Waals surface area contributed by atoms with Gasteiger partial charge in [0.1, 0.15) is 0 Å². The van der Waals surface area contributed by atoms with Gasteiger partial charge >= 0.3 is 0 Å². The van der Waals surface area contributed by atoms with Crippen molar-refractivity contribution >= 4 is 45.8 Å². The lowest BCUT2D eigenvalue weighted by Crippen LogP contribution is -2.43. The van der Waals surface area contributed by atoms with Crippen molar-refractivity contribution in [3.8, 4) is 0 Å². The number of anilines is 1. The smallest absolute Gasteiger partial charge is 0.244 e. The highest BCUT2D eigenvalue weighted by Gasteiger charge is 2.24. The molecule has 2 heterocycles. The van der Waals surface area contributed by atoms with Gasteiger partial charge in [-0.2, -0.15) is 0 Å². The fraction of sp³-hybridized carbons (Fsp3) is 0.294. The molecule has 26 heavy (non-hydrogen) atoms.